The zero-order valence-electron chi connectivity index (χ0n) is 6.86. The number of ether oxygens (including phenoxy) is 2. The monoisotopic (exact) mass is 161 g/mol. The summed E-state index contributed by atoms with van der Waals surface area (Å²) in [6.07, 6.45) is -1.15. The number of aliphatic hydroxyl groups excluding tert-OH is 1. The molecular formula is C7H15NO3. The van der Waals surface area contributed by atoms with Crippen molar-refractivity contribution in [2.45, 2.75) is 31.3 Å². The molecule has 66 valence electrons. The van der Waals surface area contributed by atoms with Crippen LogP contribution in [0, 0.1) is 0 Å². The van der Waals surface area contributed by atoms with Gasteiger partial charge < -0.3 is 20.3 Å². The summed E-state index contributed by atoms with van der Waals surface area (Å²) >= 11 is 0. The molecule has 4 heteroatoms. The van der Waals surface area contributed by atoms with Crippen LogP contribution in [0.1, 0.15) is 6.92 Å². The molecule has 1 aliphatic heterocycles. The topological polar surface area (TPSA) is 64.7 Å². The highest BCUT2D eigenvalue weighted by Crippen LogP contribution is 2.22. The minimum Gasteiger partial charge on any atom is -0.388 e. The van der Waals surface area contributed by atoms with Crippen LogP contribution in [0.2, 0.25) is 0 Å². The molecule has 1 fully saturated rings. The number of rotatable bonds is 2. The van der Waals surface area contributed by atoms with E-state index in [0.29, 0.717) is 6.54 Å². The van der Waals surface area contributed by atoms with Crippen LogP contribution in [0.25, 0.3) is 0 Å². The van der Waals surface area contributed by atoms with Gasteiger partial charge in [0.2, 0.25) is 0 Å². The Morgan fingerprint density at radius 3 is 2.55 bits per heavy atom. The second-order valence-corrected chi connectivity index (χ2v) is 2.81. The van der Waals surface area contributed by atoms with Crippen molar-refractivity contribution in [1.29, 1.82) is 0 Å². The summed E-state index contributed by atoms with van der Waals surface area (Å²) in [4.78, 5) is 0. The first-order chi connectivity index (χ1) is 5.20. The Kier molecular flexibility index (Phi) is 2.84. The number of hydrogen-bond acceptors (Lipinski definition) is 4. The third-order valence-electron chi connectivity index (χ3n) is 2.07. The molecule has 0 aromatic rings. The second kappa shape index (κ2) is 3.49. The number of aliphatic hydroxyl groups is 1. The molecule has 11 heavy (non-hydrogen) atoms. The number of methoxy groups -OCH3 is 1. The first-order valence-electron chi connectivity index (χ1n) is 3.77. The van der Waals surface area contributed by atoms with Crippen molar-refractivity contribution < 1.29 is 14.6 Å². The molecule has 4 atom stereocenters. The first kappa shape index (κ1) is 8.93. The number of hydrogen-bond donors (Lipinski definition) is 2. The smallest absolute Gasteiger partial charge is 0.111 e. The third-order valence-corrected chi connectivity index (χ3v) is 2.07. The molecule has 0 saturated carbocycles. The Hall–Kier alpha value is -0.160. The minimum absolute atomic E-state index is 0.0662. The molecule has 1 rings (SSSR count). The summed E-state index contributed by atoms with van der Waals surface area (Å²) in [5.41, 5.74) is 5.36. The van der Waals surface area contributed by atoms with Gasteiger partial charge in [0.05, 0.1) is 12.2 Å². The molecule has 1 heterocycles. The van der Waals surface area contributed by atoms with Crippen molar-refractivity contribution in [3.63, 3.8) is 0 Å². The van der Waals surface area contributed by atoms with Crippen molar-refractivity contribution in [3.05, 3.63) is 0 Å². The predicted molar refractivity (Wildman–Crippen MR) is 40.2 cm³/mol. The molecular weight excluding hydrogens is 146 g/mol. The van der Waals surface area contributed by atoms with Crippen LogP contribution >= 0.6 is 0 Å². The second-order valence-electron chi connectivity index (χ2n) is 2.81. The summed E-state index contributed by atoms with van der Waals surface area (Å²) in [6.45, 7) is 2.21. The maximum Gasteiger partial charge on any atom is 0.111 e. The average Bonchev–Trinajstić information content (AvgIpc) is 2.26. The molecule has 4 nitrogen and oxygen atoms in total. The molecule has 2 unspecified atom stereocenters. The van der Waals surface area contributed by atoms with E-state index >= 15 is 0 Å². The van der Waals surface area contributed by atoms with Crippen molar-refractivity contribution in [1.82, 2.24) is 0 Å². The van der Waals surface area contributed by atoms with Crippen LogP contribution in [-0.2, 0) is 9.47 Å². The Balaban J connectivity index is 2.55. The molecule has 0 aliphatic carbocycles. The van der Waals surface area contributed by atoms with Gasteiger partial charge in [-0.1, -0.05) is 0 Å². The van der Waals surface area contributed by atoms with Crippen molar-refractivity contribution >= 4 is 0 Å². The Morgan fingerprint density at radius 1 is 1.64 bits per heavy atom. The van der Waals surface area contributed by atoms with E-state index in [0.717, 1.165) is 0 Å². The lowest BCUT2D eigenvalue weighted by molar-refractivity contribution is -0.00366. The van der Waals surface area contributed by atoms with E-state index in [1.54, 1.807) is 7.11 Å². The maximum atomic E-state index is 9.49. The fourth-order valence-electron chi connectivity index (χ4n) is 1.45. The van der Waals surface area contributed by atoms with Crippen LogP contribution in [0.4, 0.5) is 0 Å². The molecule has 3 N–H and O–H groups in total. The summed E-state index contributed by atoms with van der Waals surface area (Å²) in [5.74, 6) is 0. The van der Waals surface area contributed by atoms with E-state index in [-0.39, 0.29) is 18.3 Å². The van der Waals surface area contributed by atoms with Gasteiger partial charge in [0.1, 0.15) is 12.2 Å². The fourth-order valence-corrected chi connectivity index (χ4v) is 1.45. The molecule has 0 aromatic heterocycles. The van der Waals surface area contributed by atoms with Gasteiger partial charge in [-0.05, 0) is 6.92 Å². The average molecular weight is 161 g/mol. The van der Waals surface area contributed by atoms with E-state index in [1.165, 1.54) is 0 Å². The largest absolute Gasteiger partial charge is 0.388 e. The fraction of sp³-hybridized carbons (Fsp3) is 1.00. The van der Waals surface area contributed by atoms with E-state index < -0.39 is 6.10 Å². The van der Waals surface area contributed by atoms with Gasteiger partial charge in [0.15, 0.2) is 0 Å². The SMILES string of the molecule is COC1C(O)[C@@H](CN)O[C@H]1C. The van der Waals surface area contributed by atoms with Gasteiger partial charge >= 0.3 is 0 Å². The quantitative estimate of drug-likeness (QED) is 0.551. The van der Waals surface area contributed by atoms with Gasteiger partial charge in [-0.2, -0.15) is 0 Å². The zero-order chi connectivity index (χ0) is 8.43. The normalized spacial score (nSPS) is 44.7. The zero-order valence-corrected chi connectivity index (χ0v) is 6.86. The molecule has 0 radical (unpaired) electrons. The van der Waals surface area contributed by atoms with Crippen molar-refractivity contribution in [2.75, 3.05) is 13.7 Å². The standard InChI is InChI=1S/C7H15NO3/c1-4-7(10-2)6(9)5(3-8)11-4/h4-7,9H,3,8H2,1-2H3/t4-,5+,6?,7?/m0/s1. The van der Waals surface area contributed by atoms with Gasteiger partial charge in [-0.15, -0.1) is 0 Å². The summed E-state index contributed by atoms with van der Waals surface area (Å²) in [6, 6.07) is 0. The van der Waals surface area contributed by atoms with Crippen LogP contribution in [-0.4, -0.2) is 43.2 Å². The molecule has 0 spiro atoms. The highest BCUT2D eigenvalue weighted by Gasteiger charge is 2.40. The predicted octanol–water partition coefficient (Wildman–Crippen LogP) is -0.892. The third kappa shape index (κ3) is 1.54. The van der Waals surface area contributed by atoms with E-state index in [4.69, 9.17) is 15.2 Å². The van der Waals surface area contributed by atoms with E-state index in [2.05, 4.69) is 0 Å². The minimum atomic E-state index is -0.583. The molecule has 0 aromatic carbocycles. The highest BCUT2D eigenvalue weighted by atomic mass is 16.6. The summed E-state index contributed by atoms with van der Waals surface area (Å²) < 4.78 is 10.4. The van der Waals surface area contributed by atoms with Crippen molar-refractivity contribution in [2.24, 2.45) is 5.73 Å². The molecule has 1 saturated heterocycles. The van der Waals surface area contributed by atoms with Gasteiger partial charge in [0.25, 0.3) is 0 Å². The van der Waals surface area contributed by atoms with E-state index in [1.807, 2.05) is 6.92 Å². The summed E-state index contributed by atoms with van der Waals surface area (Å²) in [7, 11) is 1.56. The van der Waals surface area contributed by atoms with Crippen molar-refractivity contribution in [3.8, 4) is 0 Å². The molecule has 0 amide bonds. The number of nitrogens with two attached hydrogens (primary N) is 1. The van der Waals surface area contributed by atoms with Gasteiger partial charge in [-0.3, -0.25) is 0 Å². The highest BCUT2D eigenvalue weighted by molar-refractivity contribution is 4.89. The van der Waals surface area contributed by atoms with Crippen LogP contribution in [0.15, 0.2) is 0 Å². The van der Waals surface area contributed by atoms with Gasteiger partial charge in [0, 0.05) is 13.7 Å². The Bertz CT molecular complexity index is 131. The maximum absolute atomic E-state index is 9.49. The molecule has 1 aliphatic rings. The van der Waals surface area contributed by atoms with Crippen LogP contribution < -0.4 is 5.73 Å². The lowest BCUT2D eigenvalue weighted by Crippen LogP contribution is -2.36. The lowest BCUT2D eigenvalue weighted by Gasteiger charge is -2.15. The summed E-state index contributed by atoms with van der Waals surface area (Å²) in [5, 5.41) is 9.49. The lowest BCUT2D eigenvalue weighted by atomic mass is 10.1. The Labute approximate surface area is 66.3 Å². The Morgan fingerprint density at radius 2 is 2.27 bits per heavy atom. The first-order valence-corrected chi connectivity index (χ1v) is 3.77. The molecule has 0 bridgehead atoms. The van der Waals surface area contributed by atoms with Gasteiger partial charge in [-0.25, -0.2) is 0 Å². The van der Waals surface area contributed by atoms with E-state index in [9.17, 15) is 5.11 Å². The van der Waals surface area contributed by atoms with Crippen LogP contribution in [0.3, 0.4) is 0 Å². The van der Waals surface area contributed by atoms with Crippen LogP contribution in [0.5, 0.6) is 0 Å².